The van der Waals surface area contributed by atoms with E-state index < -0.39 is 5.97 Å². The van der Waals surface area contributed by atoms with E-state index >= 15 is 0 Å². The first kappa shape index (κ1) is 18.3. The van der Waals surface area contributed by atoms with E-state index in [0.29, 0.717) is 33.4 Å². The number of benzene rings is 3. The maximum Gasteiger partial charge on any atom is 0.343 e. The summed E-state index contributed by atoms with van der Waals surface area (Å²) in [5.74, 6) is 1.25. The summed E-state index contributed by atoms with van der Waals surface area (Å²) in [6.45, 7) is 0.174. The molecule has 0 saturated heterocycles. The molecule has 2 aliphatic rings. The lowest BCUT2D eigenvalue weighted by Gasteiger charge is -2.06. The summed E-state index contributed by atoms with van der Waals surface area (Å²) >= 11 is 5.83. The summed E-state index contributed by atoms with van der Waals surface area (Å²) in [7, 11) is 0. The Kier molecular flexibility index (Phi) is 4.41. The quantitative estimate of drug-likeness (QED) is 0.341. The molecule has 0 bridgehead atoms. The van der Waals surface area contributed by atoms with Crippen LogP contribution in [-0.2, 0) is 0 Å². The Labute approximate surface area is 176 Å². The number of ether oxygens (including phenoxy) is 4. The van der Waals surface area contributed by atoms with E-state index in [-0.39, 0.29) is 24.1 Å². The van der Waals surface area contributed by atoms with Gasteiger partial charge in [0.05, 0.1) is 11.1 Å². The van der Waals surface area contributed by atoms with Crippen LogP contribution in [0.3, 0.4) is 0 Å². The summed E-state index contributed by atoms with van der Waals surface area (Å²) < 4.78 is 21.7. The monoisotopic (exact) mass is 420 g/mol. The maximum atomic E-state index is 12.7. The lowest BCUT2D eigenvalue weighted by Crippen LogP contribution is -2.08. The first-order valence-electron chi connectivity index (χ1n) is 9.02. The van der Waals surface area contributed by atoms with Crippen LogP contribution in [0.1, 0.15) is 26.3 Å². The molecule has 7 heteroatoms. The Balaban J connectivity index is 1.36. The van der Waals surface area contributed by atoms with Crippen molar-refractivity contribution in [2.45, 2.75) is 0 Å². The Morgan fingerprint density at radius 1 is 0.933 bits per heavy atom. The Hall–Kier alpha value is -3.77. The number of carbonyl (C=O) groups excluding carboxylic acids is 2. The van der Waals surface area contributed by atoms with Gasteiger partial charge in [-0.3, -0.25) is 4.79 Å². The van der Waals surface area contributed by atoms with Crippen molar-refractivity contribution in [1.82, 2.24) is 0 Å². The minimum absolute atomic E-state index is 0.171. The highest BCUT2D eigenvalue weighted by Gasteiger charge is 2.28. The van der Waals surface area contributed by atoms with E-state index in [9.17, 15) is 9.59 Å². The van der Waals surface area contributed by atoms with E-state index in [1.807, 2.05) is 0 Å². The van der Waals surface area contributed by atoms with Crippen LogP contribution < -0.4 is 18.9 Å². The average Bonchev–Trinajstić information content (AvgIpc) is 3.32. The van der Waals surface area contributed by atoms with Crippen LogP contribution in [0, 0.1) is 0 Å². The molecule has 0 aromatic heterocycles. The van der Waals surface area contributed by atoms with Crippen molar-refractivity contribution < 1.29 is 28.5 Å². The third-order valence-electron chi connectivity index (χ3n) is 4.63. The fourth-order valence-electron chi connectivity index (χ4n) is 3.14. The van der Waals surface area contributed by atoms with Crippen LogP contribution in [0.2, 0.25) is 5.02 Å². The molecule has 0 aliphatic carbocycles. The van der Waals surface area contributed by atoms with Crippen molar-refractivity contribution >= 4 is 29.4 Å². The number of allylic oxidation sites excluding steroid dienone is 1. The van der Waals surface area contributed by atoms with Crippen LogP contribution in [0.15, 0.2) is 66.4 Å². The van der Waals surface area contributed by atoms with Gasteiger partial charge < -0.3 is 18.9 Å². The largest absolute Gasteiger partial charge is 0.454 e. The van der Waals surface area contributed by atoms with Crippen molar-refractivity contribution in [3.63, 3.8) is 0 Å². The standard InChI is InChI=1S/C23H13ClO6/c24-15-4-2-14(3-5-15)23(26)29-16-6-7-17-19(11-16)30-21(22(17)25)10-13-1-8-18-20(9-13)28-12-27-18/h1-11H,12H2/b21-10-. The minimum Gasteiger partial charge on any atom is -0.454 e. The van der Waals surface area contributed by atoms with Gasteiger partial charge in [-0.1, -0.05) is 17.7 Å². The summed E-state index contributed by atoms with van der Waals surface area (Å²) in [5, 5.41) is 0.526. The molecule has 0 radical (unpaired) electrons. The van der Waals surface area contributed by atoms with E-state index in [4.69, 9.17) is 30.5 Å². The Morgan fingerprint density at radius 2 is 1.73 bits per heavy atom. The second-order valence-electron chi connectivity index (χ2n) is 6.61. The third kappa shape index (κ3) is 3.38. The fourth-order valence-corrected chi connectivity index (χ4v) is 3.26. The number of hydrogen-bond acceptors (Lipinski definition) is 6. The molecule has 5 rings (SSSR count). The number of halogens is 1. The highest BCUT2D eigenvalue weighted by molar-refractivity contribution is 6.30. The van der Waals surface area contributed by atoms with Gasteiger partial charge in [-0.25, -0.2) is 4.79 Å². The zero-order valence-corrected chi connectivity index (χ0v) is 16.1. The minimum atomic E-state index is -0.535. The zero-order chi connectivity index (χ0) is 20.7. The molecule has 0 atom stereocenters. The molecule has 0 unspecified atom stereocenters. The number of fused-ring (bicyclic) bond motifs is 2. The molecule has 0 saturated carbocycles. The van der Waals surface area contributed by atoms with Crippen molar-refractivity contribution in [2.24, 2.45) is 0 Å². The van der Waals surface area contributed by atoms with Gasteiger partial charge in [-0.2, -0.15) is 0 Å². The molecule has 2 aliphatic heterocycles. The molecule has 2 heterocycles. The second kappa shape index (κ2) is 7.24. The highest BCUT2D eigenvalue weighted by atomic mass is 35.5. The lowest BCUT2D eigenvalue weighted by atomic mass is 10.1. The molecule has 3 aromatic carbocycles. The molecule has 30 heavy (non-hydrogen) atoms. The molecule has 0 amide bonds. The Bertz CT molecular complexity index is 1210. The van der Waals surface area contributed by atoms with E-state index in [2.05, 4.69) is 0 Å². The van der Waals surface area contributed by atoms with Crippen LogP contribution >= 0.6 is 11.6 Å². The van der Waals surface area contributed by atoms with Gasteiger partial charge in [0.2, 0.25) is 12.6 Å². The Morgan fingerprint density at radius 3 is 2.57 bits per heavy atom. The number of esters is 1. The summed E-state index contributed by atoms with van der Waals surface area (Å²) in [4.78, 5) is 24.9. The van der Waals surface area contributed by atoms with Crippen molar-refractivity contribution in [3.05, 3.63) is 88.1 Å². The summed E-state index contributed by atoms with van der Waals surface area (Å²) in [6, 6.07) is 16.4. The van der Waals surface area contributed by atoms with Crippen LogP contribution in [0.25, 0.3) is 6.08 Å². The van der Waals surface area contributed by atoms with Crippen LogP contribution in [0.5, 0.6) is 23.0 Å². The summed E-state index contributed by atoms with van der Waals surface area (Å²) in [5.41, 5.74) is 1.50. The summed E-state index contributed by atoms with van der Waals surface area (Å²) in [6.07, 6.45) is 1.63. The number of carbonyl (C=O) groups is 2. The van der Waals surface area contributed by atoms with Gasteiger partial charge in [0.25, 0.3) is 0 Å². The topological polar surface area (TPSA) is 71.1 Å². The second-order valence-corrected chi connectivity index (χ2v) is 7.04. The smallest absolute Gasteiger partial charge is 0.343 e. The highest BCUT2D eigenvalue weighted by Crippen LogP contribution is 2.37. The molecule has 0 N–H and O–H groups in total. The van der Waals surface area contributed by atoms with Crippen molar-refractivity contribution in [2.75, 3.05) is 6.79 Å². The maximum absolute atomic E-state index is 12.7. The van der Waals surface area contributed by atoms with E-state index in [1.165, 1.54) is 6.07 Å². The van der Waals surface area contributed by atoms with E-state index in [1.54, 1.807) is 60.7 Å². The molecule has 0 spiro atoms. The number of ketones is 1. The molecule has 148 valence electrons. The van der Waals surface area contributed by atoms with Crippen molar-refractivity contribution in [3.8, 4) is 23.0 Å². The first-order valence-corrected chi connectivity index (χ1v) is 9.40. The number of hydrogen-bond donors (Lipinski definition) is 0. The van der Waals surface area contributed by atoms with Gasteiger partial charge >= 0.3 is 5.97 Å². The molecular weight excluding hydrogens is 408 g/mol. The molecule has 6 nitrogen and oxygen atoms in total. The zero-order valence-electron chi connectivity index (χ0n) is 15.4. The first-order chi connectivity index (χ1) is 14.6. The third-order valence-corrected chi connectivity index (χ3v) is 4.88. The SMILES string of the molecule is O=C(Oc1ccc2c(c1)O/C(=C\c1ccc3c(c1)OCO3)C2=O)c1ccc(Cl)cc1. The fraction of sp³-hybridized carbons (Fsp3) is 0.0435. The molecule has 0 fully saturated rings. The van der Waals surface area contributed by atoms with Gasteiger partial charge in [-0.15, -0.1) is 0 Å². The van der Waals surface area contributed by atoms with Crippen LogP contribution in [-0.4, -0.2) is 18.5 Å². The normalized spacial score (nSPS) is 15.1. The van der Waals surface area contributed by atoms with E-state index in [0.717, 1.165) is 5.56 Å². The van der Waals surface area contributed by atoms with Gasteiger partial charge in [-0.05, 0) is 60.2 Å². The number of Topliss-reactive ketones (excluding diaryl/α,β-unsaturated/α-hetero) is 1. The average molecular weight is 421 g/mol. The molecular formula is C23H13ClO6. The predicted octanol–water partition coefficient (Wildman–Crippen LogP) is 4.90. The molecule has 3 aromatic rings. The van der Waals surface area contributed by atoms with Gasteiger partial charge in [0, 0.05) is 11.1 Å². The predicted molar refractivity (Wildman–Crippen MR) is 108 cm³/mol. The number of rotatable bonds is 3. The van der Waals surface area contributed by atoms with Crippen LogP contribution in [0.4, 0.5) is 0 Å². The lowest BCUT2D eigenvalue weighted by molar-refractivity contribution is 0.0734. The van der Waals surface area contributed by atoms with Gasteiger partial charge in [0.15, 0.2) is 17.3 Å². The van der Waals surface area contributed by atoms with Gasteiger partial charge in [0.1, 0.15) is 11.5 Å². The van der Waals surface area contributed by atoms with Crippen molar-refractivity contribution in [1.29, 1.82) is 0 Å².